The number of hydrogen-bond donors (Lipinski definition) is 2. The van der Waals surface area contributed by atoms with Gasteiger partial charge in [-0.3, -0.25) is 4.79 Å². The predicted octanol–water partition coefficient (Wildman–Crippen LogP) is 4.24. The van der Waals surface area contributed by atoms with Crippen molar-refractivity contribution in [3.8, 4) is 28.6 Å². The number of pyridine rings is 1. The van der Waals surface area contributed by atoms with Gasteiger partial charge in [0.25, 0.3) is 11.8 Å². The van der Waals surface area contributed by atoms with E-state index in [1.807, 2.05) is 24.3 Å². The number of nitrogens with two attached hydrogens (primary N) is 1. The molecule has 3 rings (SSSR count). The number of carbonyl (C=O) groups is 2. The van der Waals surface area contributed by atoms with Crippen LogP contribution in [-0.4, -0.2) is 35.2 Å². The van der Waals surface area contributed by atoms with Gasteiger partial charge in [0.1, 0.15) is 5.75 Å². The molecule has 0 spiro atoms. The van der Waals surface area contributed by atoms with E-state index in [0.29, 0.717) is 23.7 Å². The number of aliphatic carboxylic acids is 1. The zero-order chi connectivity index (χ0) is 25.5. The summed E-state index contributed by atoms with van der Waals surface area (Å²) in [7, 11) is 1.26. The van der Waals surface area contributed by atoms with Crippen LogP contribution in [0.1, 0.15) is 24.5 Å². The Morgan fingerprint density at radius 1 is 1.03 bits per heavy atom. The van der Waals surface area contributed by atoms with Crippen molar-refractivity contribution in [1.29, 1.82) is 0 Å². The number of hydrogen-bond acceptors (Lipinski definition) is 7. The predicted molar refractivity (Wildman–Crippen MR) is 122 cm³/mol. The summed E-state index contributed by atoms with van der Waals surface area (Å²) in [6.07, 6.45) is -1.42. The Morgan fingerprint density at radius 2 is 1.74 bits per heavy atom. The number of halogens is 2. The Labute approximate surface area is 200 Å². The second-order valence-corrected chi connectivity index (χ2v) is 7.54. The summed E-state index contributed by atoms with van der Waals surface area (Å²) in [5.74, 6) is -5.34. The largest absolute Gasteiger partial charge is 0.479 e. The molecule has 35 heavy (non-hydrogen) atoms. The van der Waals surface area contributed by atoms with Crippen LogP contribution in [0.2, 0.25) is 0 Å². The average Bonchev–Trinajstić information content (AvgIpc) is 2.84. The summed E-state index contributed by atoms with van der Waals surface area (Å²) >= 11 is 0. The summed E-state index contributed by atoms with van der Waals surface area (Å²) in [6, 6.07) is 12.7. The number of carboxylic acid groups (broad SMARTS) is 1. The van der Waals surface area contributed by atoms with Crippen molar-refractivity contribution in [2.45, 2.75) is 32.4 Å². The van der Waals surface area contributed by atoms with Crippen molar-refractivity contribution in [2.75, 3.05) is 7.11 Å². The molecule has 0 amide bonds. The minimum absolute atomic E-state index is 0.0326. The maximum Gasteiger partial charge on any atom is 0.344 e. The Morgan fingerprint density at radius 3 is 2.40 bits per heavy atom. The van der Waals surface area contributed by atoms with Crippen LogP contribution in [0, 0.1) is 11.6 Å². The number of benzene rings is 2. The lowest BCUT2D eigenvalue weighted by molar-refractivity contribution is -0.145. The summed E-state index contributed by atoms with van der Waals surface area (Å²) < 4.78 is 44.1. The van der Waals surface area contributed by atoms with E-state index >= 15 is 0 Å². The normalized spacial score (nSPS) is 11.6. The highest BCUT2D eigenvalue weighted by Crippen LogP contribution is 2.32. The third kappa shape index (κ3) is 6.51. The van der Waals surface area contributed by atoms with Crippen molar-refractivity contribution < 1.29 is 37.7 Å². The molecule has 0 radical (unpaired) electrons. The van der Waals surface area contributed by atoms with Gasteiger partial charge in [0.05, 0.1) is 13.5 Å². The molecule has 0 aliphatic carbocycles. The van der Waals surface area contributed by atoms with E-state index in [4.69, 9.17) is 25.1 Å². The molecule has 0 bridgehead atoms. The SMILES string of the molecule is CCC(Oc1nc(Oc2cc(CC(=O)OC)cc(-c3cccc(CN)c3)c2)c(F)cc1F)C(=O)O. The fraction of sp³-hybridized carbons (Fsp3) is 0.240. The van der Waals surface area contributed by atoms with E-state index in [0.717, 1.165) is 11.1 Å². The van der Waals surface area contributed by atoms with Gasteiger partial charge in [-0.2, -0.15) is 4.98 Å². The van der Waals surface area contributed by atoms with E-state index in [2.05, 4.69) is 4.98 Å². The number of aromatic nitrogens is 1. The van der Waals surface area contributed by atoms with Crippen LogP contribution in [0.5, 0.6) is 17.5 Å². The van der Waals surface area contributed by atoms with Gasteiger partial charge in [-0.15, -0.1) is 0 Å². The standard InChI is InChI=1S/C25H24F2N2O6/c1-3-21(25(31)32)35-24-20(27)12-19(26)23(29-24)34-18-9-15(10-22(30)33-2)8-17(11-18)16-6-4-5-14(7-16)13-28/h4-9,11-12,21H,3,10,13,28H2,1-2H3,(H,31,32). The highest BCUT2D eigenvalue weighted by Gasteiger charge is 2.22. The van der Waals surface area contributed by atoms with Crippen LogP contribution in [0.25, 0.3) is 11.1 Å². The van der Waals surface area contributed by atoms with Gasteiger partial charge in [0.15, 0.2) is 17.7 Å². The lowest BCUT2D eigenvalue weighted by atomic mass is 9.99. The molecule has 3 N–H and O–H groups in total. The average molecular weight is 486 g/mol. The lowest BCUT2D eigenvalue weighted by Gasteiger charge is -2.15. The van der Waals surface area contributed by atoms with Crippen LogP contribution >= 0.6 is 0 Å². The molecule has 1 unspecified atom stereocenters. The first kappa shape index (κ1) is 25.6. The van der Waals surface area contributed by atoms with E-state index in [9.17, 15) is 18.4 Å². The van der Waals surface area contributed by atoms with Crippen molar-refractivity contribution in [2.24, 2.45) is 5.73 Å². The Kier molecular flexibility index (Phi) is 8.32. The molecule has 1 atom stereocenters. The first-order valence-electron chi connectivity index (χ1n) is 10.7. The number of nitrogens with zero attached hydrogens (tertiary/aromatic N) is 1. The lowest BCUT2D eigenvalue weighted by Crippen LogP contribution is -2.26. The Bertz CT molecular complexity index is 1230. The van der Waals surface area contributed by atoms with Gasteiger partial charge >= 0.3 is 11.9 Å². The molecule has 0 saturated heterocycles. The second-order valence-electron chi connectivity index (χ2n) is 7.54. The van der Waals surface area contributed by atoms with Crippen molar-refractivity contribution in [3.63, 3.8) is 0 Å². The Balaban J connectivity index is 2.02. The molecule has 3 aromatic rings. The van der Waals surface area contributed by atoms with Gasteiger partial charge in [0.2, 0.25) is 0 Å². The minimum atomic E-state index is -1.37. The summed E-state index contributed by atoms with van der Waals surface area (Å²) in [5.41, 5.74) is 8.54. The first-order chi connectivity index (χ1) is 16.7. The molecule has 1 aromatic heterocycles. The molecule has 10 heteroatoms. The monoisotopic (exact) mass is 486 g/mol. The van der Waals surface area contributed by atoms with Crippen molar-refractivity contribution in [1.82, 2.24) is 4.98 Å². The summed E-state index contributed by atoms with van der Waals surface area (Å²) in [4.78, 5) is 26.8. The number of ether oxygens (including phenoxy) is 3. The van der Waals surface area contributed by atoms with Gasteiger partial charge in [0, 0.05) is 12.6 Å². The molecular weight excluding hydrogens is 462 g/mol. The third-order valence-corrected chi connectivity index (χ3v) is 5.02. The molecule has 8 nitrogen and oxygen atoms in total. The van der Waals surface area contributed by atoms with Gasteiger partial charge < -0.3 is 25.1 Å². The van der Waals surface area contributed by atoms with E-state index in [1.165, 1.54) is 20.1 Å². The minimum Gasteiger partial charge on any atom is -0.479 e. The van der Waals surface area contributed by atoms with E-state index < -0.39 is 41.4 Å². The number of rotatable bonds is 10. The third-order valence-electron chi connectivity index (χ3n) is 5.02. The summed E-state index contributed by atoms with van der Waals surface area (Å²) in [5, 5.41) is 9.16. The van der Waals surface area contributed by atoms with Gasteiger partial charge in [-0.25, -0.2) is 13.6 Å². The summed E-state index contributed by atoms with van der Waals surface area (Å²) in [6.45, 7) is 1.85. The van der Waals surface area contributed by atoms with Crippen LogP contribution in [0.3, 0.4) is 0 Å². The highest BCUT2D eigenvalue weighted by atomic mass is 19.1. The van der Waals surface area contributed by atoms with Crippen molar-refractivity contribution >= 4 is 11.9 Å². The van der Waals surface area contributed by atoms with Crippen molar-refractivity contribution in [3.05, 3.63) is 71.3 Å². The first-order valence-corrected chi connectivity index (χ1v) is 10.7. The molecule has 0 fully saturated rings. The fourth-order valence-corrected chi connectivity index (χ4v) is 3.25. The highest BCUT2D eigenvalue weighted by molar-refractivity contribution is 5.75. The Hall–Kier alpha value is -4.05. The fourth-order valence-electron chi connectivity index (χ4n) is 3.25. The molecule has 1 heterocycles. The molecular formula is C25H24F2N2O6. The maximum absolute atomic E-state index is 14.5. The quantitative estimate of drug-likeness (QED) is 0.409. The van der Waals surface area contributed by atoms with E-state index in [1.54, 1.807) is 12.1 Å². The maximum atomic E-state index is 14.5. The molecule has 184 valence electrons. The number of methoxy groups -OCH3 is 1. The zero-order valence-corrected chi connectivity index (χ0v) is 19.1. The van der Waals surface area contributed by atoms with Crippen LogP contribution in [0.15, 0.2) is 48.5 Å². The smallest absolute Gasteiger partial charge is 0.344 e. The molecule has 0 aliphatic rings. The molecule has 0 saturated carbocycles. The van der Waals surface area contributed by atoms with Crippen LogP contribution < -0.4 is 15.2 Å². The number of carboxylic acids is 1. The van der Waals surface area contributed by atoms with Crippen LogP contribution in [-0.2, 0) is 27.3 Å². The zero-order valence-electron chi connectivity index (χ0n) is 19.1. The van der Waals surface area contributed by atoms with Gasteiger partial charge in [-0.05, 0) is 46.9 Å². The molecule has 2 aromatic carbocycles. The van der Waals surface area contributed by atoms with E-state index in [-0.39, 0.29) is 18.6 Å². The molecule has 0 aliphatic heterocycles. The number of carbonyl (C=O) groups excluding carboxylic acids is 1. The number of esters is 1. The topological polar surface area (TPSA) is 121 Å². The van der Waals surface area contributed by atoms with Gasteiger partial charge in [-0.1, -0.05) is 31.2 Å². The van der Waals surface area contributed by atoms with Crippen LogP contribution in [0.4, 0.5) is 8.78 Å². The second kappa shape index (κ2) is 11.4.